The first-order valence-corrected chi connectivity index (χ1v) is 8.60. The van der Waals surface area contributed by atoms with Gasteiger partial charge in [0.05, 0.1) is 0 Å². The van der Waals surface area contributed by atoms with E-state index in [1.165, 1.54) is 32.4 Å². The molecule has 0 aromatic rings. The van der Waals surface area contributed by atoms with Gasteiger partial charge in [-0.15, -0.1) is 0 Å². The molecule has 3 atom stereocenters. The molecule has 1 aliphatic carbocycles. The van der Waals surface area contributed by atoms with Gasteiger partial charge < -0.3 is 5.73 Å². The van der Waals surface area contributed by atoms with Gasteiger partial charge in [0, 0.05) is 25.2 Å². The average Bonchev–Trinajstić information content (AvgIpc) is 2.25. The first kappa shape index (κ1) is 18.0. The molecule has 0 amide bonds. The third kappa shape index (κ3) is 5.37. The molecule has 1 aliphatic rings. The quantitative estimate of drug-likeness (QED) is 0.821. The van der Waals surface area contributed by atoms with Crippen LogP contribution in [0.4, 0.5) is 0 Å². The highest BCUT2D eigenvalue weighted by Crippen LogP contribution is 2.39. The Morgan fingerprint density at radius 2 is 1.50 bits per heavy atom. The van der Waals surface area contributed by atoms with Crippen LogP contribution in [-0.2, 0) is 0 Å². The van der Waals surface area contributed by atoms with Gasteiger partial charge >= 0.3 is 0 Å². The minimum absolute atomic E-state index is 0.367. The molecule has 0 aromatic carbocycles. The standard InChI is InChI=1S/C18H38N2/c1-13(2)11-20(12-14(3)4)17-10-15(18(5,6)7)8-9-16(17)19/h13-17H,8-12,19H2,1-7H3. The summed E-state index contributed by atoms with van der Waals surface area (Å²) >= 11 is 0. The SMILES string of the molecule is CC(C)CN(CC(C)C)C1CC(C(C)(C)C)CCC1N. The fraction of sp³-hybridized carbons (Fsp3) is 1.00. The highest BCUT2D eigenvalue weighted by molar-refractivity contribution is 4.93. The maximum Gasteiger partial charge on any atom is 0.0250 e. The molecule has 3 unspecified atom stereocenters. The van der Waals surface area contributed by atoms with E-state index in [2.05, 4.69) is 53.4 Å². The van der Waals surface area contributed by atoms with Crippen molar-refractivity contribution in [2.75, 3.05) is 13.1 Å². The Hall–Kier alpha value is -0.0800. The topological polar surface area (TPSA) is 29.3 Å². The van der Waals surface area contributed by atoms with Crippen LogP contribution in [0.15, 0.2) is 0 Å². The van der Waals surface area contributed by atoms with Crippen molar-refractivity contribution < 1.29 is 0 Å². The zero-order valence-corrected chi connectivity index (χ0v) is 14.9. The van der Waals surface area contributed by atoms with Crippen LogP contribution >= 0.6 is 0 Å². The van der Waals surface area contributed by atoms with Crippen LogP contribution in [-0.4, -0.2) is 30.1 Å². The molecule has 0 aromatic heterocycles. The van der Waals surface area contributed by atoms with E-state index in [0.717, 1.165) is 17.8 Å². The second-order valence-corrected chi connectivity index (χ2v) is 8.85. The van der Waals surface area contributed by atoms with Crippen molar-refractivity contribution >= 4 is 0 Å². The van der Waals surface area contributed by atoms with E-state index in [4.69, 9.17) is 5.73 Å². The Bertz CT molecular complexity index is 268. The van der Waals surface area contributed by atoms with Crippen LogP contribution in [0.1, 0.15) is 67.7 Å². The summed E-state index contributed by atoms with van der Waals surface area (Å²) < 4.78 is 0. The summed E-state index contributed by atoms with van der Waals surface area (Å²) in [5, 5.41) is 0. The lowest BCUT2D eigenvalue weighted by Crippen LogP contribution is -2.54. The van der Waals surface area contributed by atoms with E-state index >= 15 is 0 Å². The van der Waals surface area contributed by atoms with Crippen molar-refractivity contribution in [3.8, 4) is 0 Å². The second kappa shape index (κ2) is 7.26. The van der Waals surface area contributed by atoms with Gasteiger partial charge in [-0.25, -0.2) is 0 Å². The molecule has 120 valence electrons. The van der Waals surface area contributed by atoms with Crippen molar-refractivity contribution in [3.63, 3.8) is 0 Å². The van der Waals surface area contributed by atoms with Gasteiger partial charge in [-0.1, -0.05) is 48.5 Å². The van der Waals surface area contributed by atoms with Crippen LogP contribution in [0.25, 0.3) is 0 Å². The summed E-state index contributed by atoms with van der Waals surface area (Å²) in [4.78, 5) is 2.69. The molecule has 2 heteroatoms. The zero-order chi connectivity index (χ0) is 15.5. The lowest BCUT2D eigenvalue weighted by molar-refractivity contribution is 0.0553. The van der Waals surface area contributed by atoms with Crippen LogP contribution in [0, 0.1) is 23.2 Å². The number of nitrogens with two attached hydrogens (primary N) is 1. The molecule has 1 rings (SSSR count). The predicted molar refractivity (Wildman–Crippen MR) is 89.8 cm³/mol. The van der Waals surface area contributed by atoms with Gasteiger partial charge in [0.2, 0.25) is 0 Å². The highest BCUT2D eigenvalue weighted by Gasteiger charge is 2.37. The molecule has 2 nitrogen and oxygen atoms in total. The van der Waals surface area contributed by atoms with Crippen molar-refractivity contribution in [1.82, 2.24) is 4.90 Å². The molecule has 1 saturated carbocycles. The Morgan fingerprint density at radius 3 is 1.90 bits per heavy atom. The summed E-state index contributed by atoms with van der Waals surface area (Å²) in [5.41, 5.74) is 6.91. The van der Waals surface area contributed by atoms with E-state index in [1.807, 2.05) is 0 Å². The van der Waals surface area contributed by atoms with Gasteiger partial charge in [-0.05, 0) is 42.4 Å². The first-order chi connectivity index (χ1) is 9.11. The summed E-state index contributed by atoms with van der Waals surface area (Å²) in [7, 11) is 0. The van der Waals surface area contributed by atoms with Gasteiger partial charge in [-0.3, -0.25) is 4.90 Å². The lowest BCUT2D eigenvalue weighted by atomic mass is 9.69. The number of nitrogens with zero attached hydrogens (tertiary/aromatic N) is 1. The number of rotatable bonds is 5. The van der Waals surface area contributed by atoms with E-state index in [9.17, 15) is 0 Å². The molecular weight excluding hydrogens is 244 g/mol. The number of hydrogen-bond donors (Lipinski definition) is 1. The number of hydrogen-bond acceptors (Lipinski definition) is 2. The molecule has 20 heavy (non-hydrogen) atoms. The van der Waals surface area contributed by atoms with E-state index < -0.39 is 0 Å². The van der Waals surface area contributed by atoms with E-state index in [-0.39, 0.29) is 0 Å². The van der Waals surface area contributed by atoms with Gasteiger partial charge in [0.25, 0.3) is 0 Å². The lowest BCUT2D eigenvalue weighted by Gasteiger charge is -2.46. The van der Waals surface area contributed by atoms with Crippen molar-refractivity contribution in [1.29, 1.82) is 0 Å². The predicted octanol–water partition coefficient (Wildman–Crippen LogP) is 4.14. The molecule has 1 fully saturated rings. The molecule has 0 bridgehead atoms. The smallest absolute Gasteiger partial charge is 0.0250 e. The fourth-order valence-corrected chi connectivity index (χ4v) is 3.66. The maximum absolute atomic E-state index is 6.50. The van der Waals surface area contributed by atoms with E-state index in [1.54, 1.807) is 0 Å². The monoisotopic (exact) mass is 282 g/mol. The summed E-state index contributed by atoms with van der Waals surface area (Å²) in [6.45, 7) is 18.8. The Kier molecular flexibility index (Phi) is 6.53. The third-order valence-electron chi connectivity index (χ3n) is 4.76. The van der Waals surface area contributed by atoms with Crippen molar-refractivity contribution in [2.45, 2.75) is 79.8 Å². The molecule has 0 spiro atoms. The van der Waals surface area contributed by atoms with Crippen LogP contribution in [0.3, 0.4) is 0 Å². The molecule has 0 aliphatic heterocycles. The Labute approximate surface area is 127 Å². The van der Waals surface area contributed by atoms with Crippen LogP contribution in [0.5, 0.6) is 0 Å². The van der Waals surface area contributed by atoms with Gasteiger partial charge in [0.1, 0.15) is 0 Å². The largest absolute Gasteiger partial charge is 0.326 e. The zero-order valence-electron chi connectivity index (χ0n) is 14.9. The highest BCUT2D eigenvalue weighted by atomic mass is 15.2. The third-order valence-corrected chi connectivity index (χ3v) is 4.76. The van der Waals surface area contributed by atoms with Crippen LogP contribution in [0.2, 0.25) is 0 Å². The average molecular weight is 283 g/mol. The van der Waals surface area contributed by atoms with E-state index in [0.29, 0.717) is 17.5 Å². The van der Waals surface area contributed by atoms with Gasteiger partial charge in [0.15, 0.2) is 0 Å². The summed E-state index contributed by atoms with van der Waals surface area (Å²) in [6.07, 6.45) is 3.78. The molecule has 2 N–H and O–H groups in total. The van der Waals surface area contributed by atoms with Gasteiger partial charge in [-0.2, -0.15) is 0 Å². The fourth-order valence-electron chi connectivity index (χ4n) is 3.66. The van der Waals surface area contributed by atoms with Crippen molar-refractivity contribution in [2.24, 2.45) is 28.9 Å². The maximum atomic E-state index is 6.50. The minimum atomic E-state index is 0.367. The minimum Gasteiger partial charge on any atom is -0.326 e. The molecule has 0 heterocycles. The second-order valence-electron chi connectivity index (χ2n) is 8.85. The first-order valence-electron chi connectivity index (χ1n) is 8.60. The Balaban J connectivity index is 2.80. The summed E-state index contributed by atoms with van der Waals surface area (Å²) in [5.74, 6) is 2.25. The Morgan fingerprint density at radius 1 is 1.00 bits per heavy atom. The van der Waals surface area contributed by atoms with Crippen LogP contribution < -0.4 is 5.73 Å². The summed E-state index contributed by atoms with van der Waals surface area (Å²) in [6, 6.07) is 0.948. The molecule has 0 saturated heterocycles. The van der Waals surface area contributed by atoms with Crippen molar-refractivity contribution in [3.05, 3.63) is 0 Å². The molecule has 0 radical (unpaired) electrons. The normalized spacial score (nSPS) is 28.6. The molecular formula is C18H38N2.